The highest BCUT2D eigenvalue weighted by Gasteiger charge is 2.43. The van der Waals surface area contributed by atoms with Crippen LogP contribution < -0.4 is 31.3 Å². The van der Waals surface area contributed by atoms with Gasteiger partial charge in [-0.2, -0.15) is 8.42 Å². The minimum absolute atomic E-state index is 0.0841. The molecule has 6 amide bonds. The molecule has 1 aliphatic rings. The van der Waals surface area contributed by atoms with E-state index in [1.807, 2.05) is 23.5 Å². The summed E-state index contributed by atoms with van der Waals surface area (Å²) in [5, 5.41) is 27.6. The molecule has 80 heavy (non-hydrogen) atoms. The quantitative estimate of drug-likeness (QED) is 0.0269. The summed E-state index contributed by atoms with van der Waals surface area (Å²) in [5.41, 5.74) is 0.190. The van der Waals surface area contributed by atoms with Crippen molar-refractivity contribution in [1.29, 1.82) is 0 Å². The average molecular weight is 1140 g/mol. The first-order chi connectivity index (χ1) is 37.7. The highest BCUT2D eigenvalue weighted by atomic mass is 32.2. The summed E-state index contributed by atoms with van der Waals surface area (Å²) in [6.07, 6.45) is 4.15. The predicted molar refractivity (Wildman–Crippen MR) is 314 cm³/mol. The van der Waals surface area contributed by atoms with Crippen molar-refractivity contribution in [2.45, 2.75) is 137 Å². The second-order valence-electron chi connectivity index (χ2n) is 21.2. The summed E-state index contributed by atoms with van der Waals surface area (Å²) in [4.78, 5) is 95.0. The first-order valence-electron chi connectivity index (χ1n) is 27.0. The van der Waals surface area contributed by atoms with Gasteiger partial charge in [0.05, 0.1) is 25.3 Å². The number of benzene rings is 4. The standard InChI is InChI=1S/C47H62N6O12S.C10H10S.C3H8/c1-9-65-36-20-19-33-12-10-11-13-34(33)40(36)43(59)50-35(24-29(3)32-17-15-31(16-18-32)27-66(62,63)64)42(58)49-26-38(55)53-23-22-28(2)41(53)44(60)48-25-37(54)51-47(8,30(4)14-21-39(56)57)45(61)52-46(5,6)7;1-2-8-7-11-10-6-4-3-5-9(8)10;1-3-2/h10-13,15-20,24,28-30,41H,9,14,21-23,25-27H2,1-8H3,(H,48,60)(H,49,58)(H,50,59)(H,51,54)(H,52,61)(H,56,57)(H,62,63,64);3-7H,2H2,1H3;3H2,1-2H3/t28?,29-,30?,41?,47?;;/m1../s1. The summed E-state index contributed by atoms with van der Waals surface area (Å²) in [7, 11) is -4.28. The molecule has 0 aliphatic carbocycles. The Kier molecular flexibility index (Phi) is 24.4. The highest BCUT2D eigenvalue weighted by molar-refractivity contribution is 7.85. The number of nitrogens with one attached hydrogen (secondary N) is 5. The fourth-order valence-electron chi connectivity index (χ4n) is 8.99. The second kappa shape index (κ2) is 29.9. The van der Waals surface area contributed by atoms with Gasteiger partial charge in [-0.1, -0.05) is 121 Å². The van der Waals surface area contributed by atoms with E-state index in [0.717, 1.165) is 11.8 Å². The lowest BCUT2D eigenvalue weighted by molar-refractivity contribution is -0.140. The lowest BCUT2D eigenvalue weighted by Gasteiger charge is -2.37. The molecule has 1 saturated heterocycles. The van der Waals surface area contributed by atoms with Crippen LogP contribution in [0.1, 0.15) is 135 Å². The number of carbonyl (C=O) groups excluding carboxylic acids is 6. The largest absolute Gasteiger partial charge is 0.493 e. The minimum Gasteiger partial charge on any atom is -0.493 e. The molecule has 18 nitrogen and oxygen atoms in total. The minimum atomic E-state index is -4.28. The molecule has 1 aliphatic heterocycles. The summed E-state index contributed by atoms with van der Waals surface area (Å²) >= 11 is 1.84. The molecule has 0 saturated carbocycles. The maximum Gasteiger partial charge on any atom is 0.303 e. The van der Waals surface area contributed by atoms with Gasteiger partial charge in [0.1, 0.15) is 28.8 Å². The lowest BCUT2D eigenvalue weighted by Crippen LogP contribution is -2.64. The number of fused-ring (bicyclic) bond motifs is 2. The normalized spacial score (nSPS) is 15.8. The Hall–Kier alpha value is -7.16. The van der Waals surface area contributed by atoms with Gasteiger partial charge in [0.15, 0.2) is 0 Å². The predicted octanol–water partition coefficient (Wildman–Crippen LogP) is 8.68. The Balaban J connectivity index is 0.000000851. The number of amides is 6. The molecule has 0 radical (unpaired) electrons. The molecule has 0 spiro atoms. The Morgan fingerprint density at radius 2 is 1.48 bits per heavy atom. The Morgan fingerprint density at radius 3 is 2.09 bits per heavy atom. The number of carbonyl (C=O) groups is 7. The molecule has 1 aromatic heterocycles. The first kappa shape index (κ1) is 65.4. The van der Waals surface area contributed by atoms with E-state index in [-0.39, 0.29) is 48.9 Å². The monoisotopic (exact) mass is 1140 g/mol. The third kappa shape index (κ3) is 19.0. The molecule has 7 N–H and O–H groups in total. The van der Waals surface area contributed by atoms with E-state index in [4.69, 9.17) is 4.74 Å². The van der Waals surface area contributed by atoms with Gasteiger partial charge in [0.25, 0.3) is 21.9 Å². The molecule has 434 valence electrons. The molecule has 4 aromatic carbocycles. The van der Waals surface area contributed by atoms with Crippen LogP contribution in [0.2, 0.25) is 0 Å². The number of aryl methyl sites for hydroxylation is 1. The van der Waals surface area contributed by atoms with Crippen molar-refractivity contribution in [3.8, 4) is 5.75 Å². The SMILES string of the molecule is CCC.CCOc1ccc2ccccc2c1C(=O)NC(=C[C@@H](C)c1ccc(CS(=O)(=O)O)cc1)C(=O)NCC(=O)N1CCC(C)C1C(=O)NCC(=O)NC(C)(C(=O)NC(C)(C)C)C(C)CCC(=O)O.CCc1csc2ccccc12. The molecule has 1 fully saturated rings. The number of carboxylic acids is 1. The number of rotatable bonds is 21. The van der Waals surface area contributed by atoms with Crippen LogP contribution in [0, 0.1) is 11.8 Å². The number of hydrogen-bond donors (Lipinski definition) is 7. The number of thiophene rings is 1. The van der Waals surface area contributed by atoms with Crippen molar-refractivity contribution >= 4 is 83.7 Å². The summed E-state index contributed by atoms with van der Waals surface area (Å²) in [5.74, 6) is -6.87. The first-order valence-corrected chi connectivity index (χ1v) is 29.5. The van der Waals surface area contributed by atoms with Gasteiger partial charge < -0.3 is 41.3 Å². The fourth-order valence-corrected chi connectivity index (χ4v) is 10.6. The number of carboxylic acid groups (broad SMARTS) is 1. The molecule has 5 atom stereocenters. The van der Waals surface area contributed by atoms with Crippen LogP contribution in [0.25, 0.3) is 20.9 Å². The highest BCUT2D eigenvalue weighted by Crippen LogP contribution is 2.30. The molecule has 6 rings (SSSR count). The lowest BCUT2D eigenvalue weighted by atomic mass is 9.82. The van der Waals surface area contributed by atoms with E-state index < -0.39 is 99.3 Å². The second-order valence-corrected chi connectivity index (χ2v) is 23.6. The van der Waals surface area contributed by atoms with E-state index in [9.17, 15) is 51.6 Å². The maximum absolute atomic E-state index is 14.1. The van der Waals surface area contributed by atoms with E-state index in [1.54, 1.807) is 84.9 Å². The summed E-state index contributed by atoms with van der Waals surface area (Å²) in [6, 6.07) is 24.4. The van der Waals surface area contributed by atoms with Crippen molar-refractivity contribution < 1.29 is 56.4 Å². The molecule has 2 heterocycles. The average Bonchev–Trinajstić information content (AvgIpc) is 4.02. The number of allylic oxidation sites excluding steroid dienone is 1. The van der Waals surface area contributed by atoms with Gasteiger partial charge in [-0.05, 0) is 122 Å². The third-order valence-electron chi connectivity index (χ3n) is 13.4. The number of likely N-dealkylation sites (tertiary alicyclic amines) is 1. The molecule has 0 bridgehead atoms. The smallest absolute Gasteiger partial charge is 0.303 e. The van der Waals surface area contributed by atoms with Crippen LogP contribution in [-0.4, -0.2) is 108 Å². The van der Waals surface area contributed by atoms with Crippen molar-refractivity contribution in [2.75, 3.05) is 26.2 Å². The van der Waals surface area contributed by atoms with E-state index in [2.05, 4.69) is 77.0 Å². The summed E-state index contributed by atoms with van der Waals surface area (Å²) in [6.45, 7) is 19.5. The molecule has 5 aromatic rings. The number of ether oxygens (including phenoxy) is 1. The van der Waals surface area contributed by atoms with Gasteiger partial charge in [-0.25, -0.2) is 0 Å². The van der Waals surface area contributed by atoms with Crippen molar-refractivity contribution in [3.05, 3.63) is 124 Å². The van der Waals surface area contributed by atoms with Crippen LogP contribution in [0.3, 0.4) is 0 Å². The summed E-state index contributed by atoms with van der Waals surface area (Å²) < 4.78 is 39.4. The van der Waals surface area contributed by atoms with Crippen LogP contribution in [0.4, 0.5) is 0 Å². The molecular weight excluding hydrogens is 1060 g/mol. The van der Waals surface area contributed by atoms with E-state index in [0.29, 0.717) is 22.9 Å². The Morgan fingerprint density at radius 1 is 0.838 bits per heavy atom. The van der Waals surface area contributed by atoms with Gasteiger partial charge >= 0.3 is 5.97 Å². The number of hydrogen-bond acceptors (Lipinski definition) is 11. The van der Waals surface area contributed by atoms with Crippen molar-refractivity contribution in [1.82, 2.24) is 31.5 Å². The zero-order valence-electron chi connectivity index (χ0n) is 47.9. The molecular formula is C60H80N6O12S2. The van der Waals surface area contributed by atoms with E-state index in [1.165, 1.54) is 52.1 Å². The fraction of sp³-hybridized carbons (Fsp3) is 0.450. The van der Waals surface area contributed by atoms with Crippen molar-refractivity contribution in [2.24, 2.45) is 11.8 Å². The van der Waals surface area contributed by atoms with Gasteiger partial charge in [-0.3, -0.25) is 38.1 Å². The number of aliphatic carboxylic acids is 1. The molecule has 20 heteroatoms. The van der Waals surface area contributed by atoms with Crippen LogP contribution in [0.15, 0.2) is 102 Å². The van der Waals surface area contributed by atoms with E-state index >= 15 is 0 Å². The third-order valence-corrected chi connectivity index (χ3v) is 15.1. The van der Waals surface area contributed by atoms with Crippen LogP contribution in [-0.2, 0) is 51.1 Å². The Labute approximate surface area is 474 Å². The van der Waals surface area contributed by atoms with Crippen molar-refractivity contribution in [3.63, 3.8) is 0 Å². The topological polar surface area (TPSA) is 267 Å². The zero-order chi connectivity index (χ0) is 59.5. The maximum atomic E-state index is 14.1. The number of nitrogens with zero attached hydrogens (tertiary/aromatic N) is 1. The zero-order valence-corrected chi connectivity index (χ0v) is 49.5. The van der Waals surface area contributed by atoms with Gasteiger partial charge in [0, 0.05) is 29.1 Å². The van der Waals surface area contributed by atoms with Crippen LogP contribution >= 0.6 is 11.3 Å². The van der Waals surface area contributed by atoms with Crippen LogP contribution in [0.5, 0.6) is 5.75 Å². The van der Waals surface area contributed by atoms with Gasteiger partial charge in [0.2, 0.25) is 23.6 Å². The Bertz CT molecular complexity index is 3110. The molecule has 4 unspecified atom stereocenters. The van der Waals surface area contributed by atoms with Gasteiger partial charge in [-0.15, -0.1) is 11.3 Å².